The Kier molecular flexibility index (Phi) is 5.54. The minimum atomic E-state index is -0.656. The minimum Gasteiger partial charge on any atom is -0.340 e. The van der Waals surface area contributed by atoms with Gasteiger partial charge in [-0.15, -0.1) is 0 Å². The molecular formula is C21H24N4O2. The summed E-state index contributed by atoms with van der Waals surface area (Å²) >= 11 is 0. The van der Waals surface area contributed by atoms with E-state index >= 15 is 0 Å². The number of imidazole rings is 1. The van der Waals surface area contributed by atoms with Crippen LogP contribution in [0.4, 0.5) is 5.95 Å². The maximum atomic E-state index is 12.8. The lowest BCUT2D eigenvalue weighted by Crippen LogP contribution is -2.47. The topological polar surface area (TPSA) is 86.9 Å². The largest absolute Gasteiger partial charge is 0.340 e. The van der Waals surface area contributed by atoms with Crippen molar-refractivity contribution in [2.75, 3.05) is 5.32 Å². The van der Waals surface area contributed by atoms with Crippen molar-refractivity contribution in [3.05, 3.63) is 59.7 Å². The number of hydrogen-bond donors (Lipinski definition) is 3. The van der Waals surface area contributed by atoms with Crippen molar-refractivity contribution in [2.45, 2.75) is 33.2 Å². The molecule has 0 saturated carbocycles. The van der Waals surface area contributed by atoms with E-state index in [0.29, 0.717) is 11.5 Å². The third kappa shape index (κ3) is 4.34. The molecule has 0 fully saturated rings. The van der Waals surface area contributed by atoms with Crippen molar-refractivity contribution in [1.29, 1.82) is 0 Å². The molecule has 6 nitrogen and oxygen atoms in total. The summed E-state index contributed by atoms with van der Waals surface area (Å²) < 4.78 is 0. The van der Waals surface area contributed by atoms with Gasteiger partial charge in [-0.1, -0.05) is 50.1 Å². The van der Waals surface area contributed by atoms with Crippen LogP contribution >= 0.6 is 0 Å². The van der Waals surface area contributed by atoms with E-state index in [1.165, 1.54) is 0 Å². The summed E-state index contributed by atoms with van der Waals surface area (Å²) in [5.74, 6) is -0.202. The van der Waals surface area contributed by atoms with E-state index in [9.17, 15) is 9.59 Å². The monoisotopic (exact) mass is 364 g/mol. The van der Waals surface area contributed by atoms with Gasteiger partial charge in [0.05, 0.1) is 11.0 Å². The van der Waals surface area contributed by atoms with Gasteiger partial charge >= 0.3 is 0 Å². The first-order chi connectivity index (χ1) is 13.0. The second-order valence-electron chi connectivity index (χ2n) is 6.79. The van der Waals surface area contributed by atoms with E-state index in [1.807, 2.05) is 57.2 Å². The molecular weight excluding hydrogens is 340 g/mol. The highest BCUT2D eigenvalue weighted by atomic mass is 16.2. The highest BCUT2D eigenvalue weighted by Crippen LogP contribution is 2.16. The lowest BCUT2D eigenvalue weighted by molar-refractivity contribution is -0.119. The summed E-state index contributed by atoms with van der Waals surface area (Å²) in [7, 11) is 0. The van der Waals surface area contributed by atoms with Crippen LogP contribution in [0.3, 0.4) is 0 Å². The Bertz CT molecular complexity index is 913. The number of nitrogens with zero attached hydrogens (tertiary/aromatic N) is 1. The Morgan fingerprint density at radius 1 is 1.11 bits per heavy atom. The summed E-state index contributed by atoms with van der Waals surface area (Å²) in [5.41, 5.74) is 3.23. The molecule has 3 aromatic rings. The van der Waals surface area contributed by atoms with Crippen LogP contribution in [0.5, 0.6) is 0 Å². The molecule has 2 amide bonds. The number of hydrogen-bond acceptors (Lipinski definition) is 3. The Hall–Kier alpha value is -3.15. The first kappa shape index (κ1) is 18.6. The molecule has 140 valence electrons. The zero-order chi connectivity index (χ0) is 19.4. The van der Waals surface area contributed by atoms with Gasteiger partial charge in [0.2, 0.25) is 11.9 Å². The second kappa shape index (κ2) is 8.03. The third-order valence-corrected chi connectivity index (χ3v) is 4.73. The Balaban J connectivity index is 1.75. The number of carbonyl (C=O) groups excluding carboxylic acids is 2. The molecule has 2 aromatic carbocycles. The van der Waals surface area contributed by atoms with Crippen LogP contribution in [0, 0.1) is 12.8 Å². The Labute approximate surface area is 158 Å². The van der Waals surface area contributed by atoms with E-state index in [1.54, 1.807) is 12.1 Å². The van der Waals surface area contributed by atoms with Crippen LogP contribution in [-0.4, -0.2) is 27.8 Å². The lowest BCUT2D eigenvalue weighted by Gasteiger charge is -2.23. The van der Waals surface area contributed by atoms with Gasteiger partial charge in [-0.2, -0.15) is 0 Å². The van der Waals surface area contributed by atoms with Crippen LogP contribution in [0.15, 0.2) is 48.5 Å². The average Bonchev–Trinajstić information content (AvgIpc) is 3.07. The van der Waals surface area contributed by atoms with Crippen LogP contribution in [0.2, 0.25) is 0 Å². The molecule has 3 rings (SSSR count). The molecule has 0 spiro atoms. The smallest absolute Gasteiger partial charge is 0.251 e. The maximum Gasteiger partial charge on any atom is 0.251 e. The molecule has 0 aliphatic heterocycles. The molecule has 0 aliphatic carbocycles. The van der Waals surface area contributed by atoms with Gasteiger partial charge in [-0.25, -0.2) is 4.98 Å². The SMILES string of the molecule is CC[C@H](C)[C@H](NC(=O)c1ccc(C)cc1)C(=O)Nc1nc2ccccc2[nH]1. The maximum absolute atomic E-state index is 12.8. The fourth-order valence-corrected chi connectivity index (χ4v) is 2.84. The molecule has 0 bridgehead atoms. The number of aryl methyl sites for hydroxylation is 1. The van der Waals surface area contributed by atoms with E-state index in [2.05, 4.69) is 20.6 Å². The Morgan fingerprint density at radius 3 is 2.48 bits per heavy atom. The van der Waals surface area contributed by atoms with Crippen LogP contribution in [0.25, 0.3) is 11.0 Å². The van der Waals surface area contributed by atoms with Gasteiger partial charge in [-0.3, -0.25) is 14.9 Å². The zero-order valence-corrected chi connectivity index (χ0v) is 15.7. The highest BCUT2D eigenvalue weighted by molar-refractivity contribution is 6.01. The van der Waals surface area contributed by atoms with Crippen molar-refractivity contribution in [3.8, 4) is 0 Å². The normalized spacial score (nSPS) is 13.1. The second-order valence-corrected chi connectivity index (χ2v) is 6.79. The van der Waals surface area contributed by atoms with Crippen molar-refractivity contribution < 1.29 is 9.59 Å². The van der Waals surface area contributed by atoms with Crippen molar-refractivity contribution in [1.82, 2.24) is 15.3 Å². The number of aromatic amines is 1. The summed E-state index contributed by atoms with van der Waals surface area (Å²) in [6.07, 6.45) is 0.756. The van der Waals surface area contributed by atoms with Gasteiger partial charge in [0, 0.05) is 5.56 Å². The molecule has 0 saturated heterocycles. The first-order valence-electron chi connectivity index (χ1n) is 9.11. The van der Waals surface area contributed by atoms with Gasteiger partial charge < -0.3 is 10.3 Å². The number of fused-ring (bicyclic) bond motifs is 1. The van der Waals surface area contributed by atoms with Crippen molar-refractivity contribution in [2.24, 2.45) is 5.92 Å². The standard InChI is InChI=1S/C21H24N4O2/c1-4-14(3)18(24-19(26)15-11-9-13(2)10-12-15)20(27)25-21-22-16-7-5-6-8-17(16)23-21/h5-12,14,18H,4H2,1-3H3,(H,24,26)(H2,22,23,25,27)/t14-,18-/m0/s1. The number of aromatic nitrogens is 2. The van der Waals surface area contributed by atoms with Gasteiger partial charge in [-0.05, 0) is 37.1 Å². The molecule has 2 atom stereocenters. The third-order valence-electron chi connectivity index (χ3n) is 4.73. The van der Waals surface area contributed by atoms with Gasteiger partial charge in [0.25, 0.3) is 5.91 Å². The quantitative estimate of drug-likeness (QED) is 0.624. The predicted octanol–water partition coefficient (Wildman–Crippen LogP) is 3.65. The van der Waals surface area contributed by atoms with E-state index < -0.39 is 6.04 Å². The van der Waals surface area contributed by atoms with Crippen molar-refractivity contribution >= 4 is 28.8 Å². The molecule has 1 heterocycles. The van der Waals surface area contributed by atoms with Crippen molar-refractivity contribution in [3.63, 3.8) is 0 Å². The zero-order valence-electron chi connectivity index (χ0n) is 15.7. The number of H-pyrrole nitrogens is 1. The lowest BCUT2D eigenvalue weighted by atomic mass is 9.98. The summed E-state index contributed by atoms with van der Waals surface area (Å²) in [4.78, 5) is 32.8. The molecule has 0 aliphatic rings. The molecule has 0 radical (unpaired) electrons. The Morgan fingerprint density at radius 2 is 1.81 bits per heavy atom. The molecule has 3 N–H and O–H groups in total. The summed E-state index contributed by atoms with van der Waals surface area (Å²) in [5, 5.41) is 5.66. The first-order valence-corrected chi connectivity index (χ1v) is 9.11. The molecule has 6 heteroatoms. The van der Waals surface area contributed by atoms with E-state index in [-0.39, 0.29) is 17.7 Å². The molecule has 1 aromatic heterocycles. The number of carbonyl (C=O) groups is 2. The number of anilines is 1. The number of nitrogens with one attached hydrogen (secondary N) is 3. The van der Waals surface area contributed by atoms with E-state index in [4.69, 9.17) is 0 Å². The molecule has 0 unspecified atom stereocenters. The fourth-order valence-electron chi connectivity index (χ4n) is 2.84. The van der Waals surface area contributed by atoms with Crippen LogP contribution in [0.1, 0.15) is 36.2 Å². The fraction of sp³-hybridized carbons (Fsp3) is 0.286. The average molecular weight is 364 g/mol. The van der Waals surface area contributed by atoms with Gasteiger partial charge in [0.1, 0.15) is 6.04 Å². The molecule has 27 heavy (non-hydrogen) atoms. The van der Waals surface area contributed by atoms with Crippen LogP contribution in [-0.2, 0) is 4.79 Å². The summed E-state index contributed by atoms with van der Waals surface area (Å²) in [6.45, 7) is 5.90. The minimum absolute atomic E-state index is 0.0243. The predicted molar refractivity (Wildman–Crippen MR) is 107 cm³/mol. The van der Waals surface area contributed by atoms with Crippen LogP contribution < -0.4 is 10.6 Å². The number of amides is 2. The number of benzene rings is 2. The number of rotatable bonds is 6. The van der Waals surface area contributed by atoms with Gasteiger partial charge in [0.15, 0.2) is 0 Å². The highest BCUT2D eigenvalue weighted by Gasteiger charge is 2.27. The van der Waals surface area contributed by atoms with E-state index in [0.717, 1.165) is 23.0 Å². The summed E-state index contributed by atoms with van der Waals surface area (Å²) in [6, 6.07) is 14.2. The number of para-hydroxylation sites is 2.